The summed E-state index contributed by atoms with van der Waals surface area (Å²) in [5.74, 6) is 0. The van der Waals surface area contributed by atoms with Crippen LogP contribution in [0.5, 0.6) is 0 Å². The highest BCUT2D eigenvalue weighted by Crippen LogP contribution is 2.29. The smallest absolute Gasteiger partial charge is 0.247 e. The lowest BCUT2D eigenvalue weighted by Gasteiger charge is -2.28. The number of rotatable bonds is 9. The summed E-state index contributed by atoms with van der Waals surface area (Å²) in [6, 6.07) is 6.13. The molecule has 3 aromatic rings. The molecule has 0 radical (unpaired) electrons. The Kier molecular flexibility index (Phi) is 6.89. The third-order valence-corrected chi connectivity index (χ3v) is 5.63. The minimum Gasteiger partial charge on any atom is -0.618 e. The summed E-state index contributed by atoms with van der Waals surface area (Å²) >= 11 is 0. The Morgan fingerprint density at radius 2 is 2.06 bits per heavy atom. The number of morpholine rings is 1. The van der Waals surface area contributed by atoms with Crippen molar-refractivity contribution in [2.75, 3.05) is 44.4 Å². The molecule has 3 heterocycles. The molecular formula is C23H32N4O4. The van der Waals surface area contributed by atoms with Crippen LogP contribution in [-0.4, -0.2) is 55.2 Å². The van der Waals surface area contributed by atoms with Crippen molar-refractivity contribution in [3.8, 4) is 0 Å². The largest absolute Gasteiger partial charge is 0.618 e. The van der Waals surface area contributed by atoms with Crippen molar-refractivity contribution < 1.29 is 18.9 Å². The molecule has 0 N–H and O–H groups in total. The lowest BCUT2D eigenvalue weighted by atomic mass is 10.1. The van der Waals surface area contributed by atoms with E-state index in [1.165, 1.54) is 0 Å². The average Bonchev–Trinajstić information content (AvgIpc) is 3.20. The second-order valence-electron chi connectivity index (χ2n) is 8.09. The quantitative estimate of drug-likeness (QED) is 0.296. The monoisotopic (exact) mass is 428 g/mol. The van der Waals surface area contributed by atoms with E-state index in [1.807, 2.05) is 39.2 Å². The van der Waals surface area contributed by atoms with Gasteiger partial charge in [-0.05, 0) is 39.3 Å². The average molecular weight is 429 g/mol. The zero-order chi connectivity index (χ0) is 21.8. The van der Waals surface area contributed by atoms with E-state index >= 15 is 0 Å². The minimum atomic E-state index is 0.219. The zero-order valence-electron chi connectivity index (χ0n) is 18.7. The van der Waals surface area contributed by atoms with Crippen LogP contribution >= 0.6 is 0 Å². The van der Waals surface area contributed by atoms with Crippen LogP contribution in [0.15, 0.2) is 24.5 Å². The third-order valence-electron chi connectivity index (χ3n) is 5.63. The maximum Gasteiger partial charge on any atom is 0.247 e. The van der Waals surface area contributed by atoms with Crippen LogP contribution in [0.1, 0.15) is 32.9 Å². The Labute approximate surface area is 182 Å². The molecule has 8 nitrogen and oxygen atoms in total. The highest BCUT2D eigenvalue weighted by Gasteiger charge is 2.24. The summed E-state index contributed by atoms with van der Waals surface area (Å²) in [5, 5.41) is 14.3. The Morgan fingerprint density at radius 1 is 1.26 bits per heavy atom. The Bertz CT molecular complexity index is 1030. The summed E-state index contributed by atoms with van der Waals surface area (Å²) in [7, 11) is 0. The van der Waals surface area contributed by atoms with Crippen LogP contribution < -0.4 is 9.63 Å². The minimum absolute atomic E-state index is 0.219. The van der Waals surface area contributed by atoms with E-state index in [0.717, 1.165) is 47.4 Å². The molecule has 0 atom stereocenters. The Balaban J connectivity index is 1.77. The zero-order valence-corrected chi connectivity index (χ0v) is 18.7. The Morgan fingerprint density at radius 3 is 2.81 bits per heavy atom. The molecule has 0 aliphatic carbocycles. The van der Waals surface area contributed by atoms with Gasteiger partial charge in [0.25, 0.3) is 0 Å². The molecule has 0 saturated carbocycles. The maximum atomic E-state index is 13.4. The molecule has 0 unspecified atom stereocenters. The van der Waals surface area contributed by atoms with Gasteiger partial charge in [0.2, 0.25) is 11.2 Å². The standard InChI is InChI=1S/C23H32N4O4/c1-4-29-15-21-22-23(26(16-24-22)8-5-11-31-17(2)3)19-7-6-18(14-20(19)27(21)28)25-9-12-30-13-10-25/h6-7,14,16-17H,4-5,8-13,15H2,1-3H3. The van der Waals surface area contributed by atoms with Gasteiger partial charge in [-0.15, -0.1) is 0 Å². The first kappa shape index (κ1) is 21.8. The molecule has 1 aromatic carbocycles. The van der Waals surface area contributed by atoms with E-state index in [0.29, 0.717) is 43.2 Å². The molecule has 0 amide bonds. The summed E-state index contributed by atoms with van der Waals surface area (Å²) < 4.78 is 19.9. The number of ether oxygens (including phenoxy) is 3. The van der Waals surface area contributed by atoms with Crippen molar-refractivity contribution in [2.45, 2.75) is 46.4 Å². The summed E-state index contributed by atoms with van der Waals surface area (Å²) in [6.45, 7) is 11.3. The van der Waals surface area contributed by atoms with E-state index < -0.39 is 0 Å². The second-order valence-corrected chi connectivity index (χ2v) is 8.09. The van der Waals surface area contributed by atoms with E-state index in [-0.39, 0.29) is 12.7 Å². The highest BCUT2D eigenvalue weighted by molar-refractivity contribution is 6.02. The van der Waals surface area contributed by atoms with Crippen LogP contribution in [0.3, 0.4) is 0 Å². The van der Waals surface area contributed by atoms with E-state index in [1.54, 1.807) is 0 Å². The Hall–Kier alpha value is -2.42. The lowest BCUT2D eigenvalue weighted by Crippen LogP contribution is -2.37. The van der Waals surface area contributed by atoms with Crippen LogP contribution in [0.25, 0.3) is 21.9 Å². The SMILES string of the molecule is CCOCc1c2ncn(CCCOC(C)C)c2c2ccc(N3CCOCC3)cc2[n+]1[O-]. The van der Waals surface area contributed by atoms with Crippen LogP contribution in [0.2, 0.25) is 0 Å². The van der Waals surface area contributed by atoms with E-state index in [2.05, 4.69) is 20.5 Å². The van der Waals surface area contributed by atoms with Crippen LogP contribution in [-0.2, 0) is 27.4 Å². The molecular weight excluding hydrogens is 396 g/mol. The van der Waals surface area contributed by atoms with Gasteiger partial charge in [0.05, 0.1) is 36.5 Å². The topological polar surface area (TPSA) is 75.7 Å². The van der Waals surface area contributed by atoms with Crippen molar-refractivity contribution in [3.63, 3.8) is 0 Å². The summed E-state index contributed by atoms with van der Waals surface area (Å²) in [4.78, 5) is 6.86. The molecule has 8 heteroatoms. The maximum absolute atomic E-state index is 13.4. The predicted molar refractivity (Wildman–Crippen MR) is 120 cm³/mol. The number of benzene rings is 1. The van der Waals surface area contributed by atoms with Crippen molar-refractivity contribution in [1.29, 1.82) is 0 Å². The molecule has 1 fully saturated rings. The summed E-state index contributed by atoms with van der Waals surface area (Å²) in [6.07, 6.45) is 2.92. The van der Waals surface area contributed by atoms with Crippen molar-refractivity contribution in [3.05, 3.63) is 35.4 Å². The first-order chi connectivity index (χ1) is 15.1. The number of hydrogen-bond acceptors (Lipinski definition) is 6. The van der Waals surface area contributed by atoms with Gasteiger partial charge in [-0.25, -0.2) is 4.98 Å². The number of pyridine rings is 1. The van der Waals surface area contributed by atoms with Crippen molar-refractivity contribution >= 4 is 27.6 Å². The fourth-order valence-corrected chi connectivity index (χ4v) is 4.07. The van der Waals surface area contributed by atoms with Gasteiger partial charge >= 0.3 is 0 Å². The van der Waals surface area contributed by atoms with Gasteiger partial charge in [0.1, 0.15) is 6.61 Å². The first-order valence-electron chi connectivity index (χ1n) is 11.1. The fraction of sp³-hybridized carbons (Fsp3) is 0.565. The summed E-state index contributed by atoms with van der Waals surface area (Å²) in [5.41, 5.74) is 3.93. The molecule has 0 spiro atoms. The molecule has 1 aliphatic rings. The number of nitrogens with zero attached hydrogens (tertiary/aromatic N) is 4. The van der Waals surface area contributed by atoms with Gasteiger partial charge < -0.3 is 28.9 Å². The number of imidazole rings is 1. The molecule has 1 aliphatic heterocycles. The number of aryl methyl sites for hydroxylation is 1. The molecule has 168 valence electrons. The highest BCUT2D eigenvalue weighted by atomic mass is 16.5. The normalized spacial score (nSPS) is 14.9. The van der Waals surface area contributed by atoms with E-state index in [9.17, 15) is 5.21 Å². The number of anilines is 1. The predicted octanol–water partition coefficient (Wildman–Crippen LogP) is 3.01. The van der Waals surface area contributed by atoms with Gasteiger partial charge in [-0.3, -0.25) is 0 Å². The number of fused-ring (bicyclic) bond motifs is 3. The van der Waals surface area contributed by atoms with Gasteiger partial charge in [0, 0.05) is 44.6 Å². The number of hydrogen-bond donors (Lipinski definition) is 0. The molecule has 2 aromatic heterocycles. The van der Waals surface area contributed by atoms with Crippen LogP contribution in [0.4, 0.5) is 5.69 Å². The molecule has 4 rings (SSSR count). The van der Waals surface area contributed by atoms with Gasteiger partial charge in [-0.1, -0.05) is 0 Å². The number of aromatic nitrogens is 3. The van der Waals surface area contributed by atoms with Gasteiger partial charge in [-0.2, -0.15) is 4.73 Å². The van der Waals surface area contributed by atoms with Crippen molar-refractivity contribution in [1.82, 2.24) is 9.55 Å². The first-order valence-corrected chi connectivity index (χ1v) is 11.1. The van der Waals surface area contributed by atoms with E-state index in [4.69, 9.17) is 14.2 Å². The third kappa shape index (κ3) is 4.61. The van der Waals surface area contributed by atoms with Gasteiger partial charge in [0.15, 0.2) is 5.52 Å². The van der Waals surface area contributed by atoms with Crippen molar-refractivity contribution in [2.24, 2.45) is 0 Å². The molecule has 31 heavy (non-hydrogen) atoms. The second kappa shape index (κ2) is 9.80. The van der Waals surface area contributed by atoms with Crippen LogP contribution in [0, 0.1) is 5.21 Å². The molecule has 0 bridgehead atoms. The fourth-order valence-electron chi connectivity index (χ4n) is 4.07. The lowest BCUT2D eigenvalue weighted by molar-refractivity contribution is -0.587. The molecule has 1 saturated heterocycles.